The zero-order chi connectivity index (χ0) is 14.0. The van der Waals surface area contributed by atoms with Crippen LogP contribution in [0, 0.1) is 22.0 Å². The van der Waals surface area contributed by atoms with Gasteiger partial charge in [0.25, 0.3) is 5.69 Å². The predicted molar refractivity (Wildman–Crippen MR) is 74.8 cm³/mol. The Hall–Kier alpha value is -1.78. The van der Waals surface area contributed by atoms with Gasteiger partial charge in [-0.1, -0.05) is 13.8 Å². The molecular weight excluding hydrogens is 244 g/mol. The third kappa shape index (κ3) is 2.97. The summed E-state index contributed by atoms with van der Waals surface area (Å²) >= 11 is 0. The number of hydrogen-bond acceptors (Lipinski definition) is 4. The molecule has 5 heteroatoms. The molecule has 0 unspecified atom stereocenters. The number of hydrogen-bond donors (Lipinski definition) is 0. The van der Waals surface area contributed by atoms with Crippen LogP contribution in [-0.2, 0) is 0 Å². The summed E-state index contributed by atoms with van der Waals surface area (Å²) in [7, 11) is 1.60. The topological polar surface area (TPSA) is 55.6 Å². The Labute approximate surface area is 113 Å². The fraction of sp³-hybridized carbons (Fsp3) is 0.571. The quantitative estimate of drug-likeness (QED) is 0.622. The molecular formula is C14H20N2O3. The van der Waals surface area contributed by atoms with Crippen LogP contribution in [0.25, 0.3) is 0 Å². The molecule has 0 amide bonds. The van der Waals surface area contributed by atoms with E-state index in [9.17, 15) is 10.1 Å². The number of rotatable bonds is 3. The van der Waals surface area contributed by atoms with Gasteiger partial charge in [-0.2, -0.15) is 0 Å². The van der Waals surface area contributed by atoms with Gasteiger partial charge in [-0.05, 0) is 24.3 Å². The van der Waals surface area contributed by atoms with E-state index in [1.54, 1.807) is 19.2 Å². The number of nitro groups is 1. The van der Waals surface area contributed by atoms with E-state index in [-0.39, 0.29) is 10.6 Å². The number of piperidine rings is 1. The van der Waals surface area contributed by atoms with Gasteiger partial charge in [-0.25, -0.2) is 0 Å². The molecule has 1 heterocycles. The van der Waals surface area contributed by atoms with Crippen LogP contribution in [0.1, 0.15) is 20.3 Å². The SMILES string of the molecule is COc1ccc([N+](=O)[O-])cc1N1C[C@H](C)C[C@H](C)C1. The maximum absolute atomic E-state index is 10.9. The van der Waals surface area contributed by atoms with E-state index < -0.39 is 0 Å². The van der Waals surface area contributed by atoms with Gasteiger partial charge < -0.3 is 9.64 Å². The van der Waals surface area contributed by atoms with Crippen LogP contribution < -0.4 is 9.64 Å². The first-order valence-corrected chi connectivity index (χ1v) is 6.58. The van der Waals surface area contributed by atoms with E-state index in [0.717, 1.165) is 18.8 Å². The van der Waals surface area contributed by atoms with Crippen molar-refractivity contribution in [3.05, 3.63) is 28.3 Å². The molecule has 1 aromatic carbocycles. The van der Waals surface area contributed by atoms with Gasteiger partial charge in [-0.3, -0.25) is 10.1 Å². The molecule has 0 radical (unpaired) electrons. The molecule has 1 aliphatic heterocycles. The lowest BCUT2D eigenvalue weighted by Crippen LogP contribution is -2.38. The van der Waals surface area contributed by atoms with Crippen molar-refractivity contribution in [1.29, 1.82) is 0 Å². The molecule has 1 aromatic rings. The lowest BCUT2D eigenvalue weighted by atomic mass is 9.91. The first-order valence-electron chi connectivity index (χ1n) is 6.58. The number of nitrogens with zero attached hydrogens (tertiary/aromatic N) is 2. The molecule has 0 bridgehead atoms. The third-order valence-electron chi connectivity index (χ3n) is 3.58. The molecule has 0 aliphatic carbocycles. The van der Waals surface area contributed by atoms with Crippen LogP contribution in [0.2, 0.25) is 0 Å². The number of methoxy groups -OCH3 is 1. The lowest BCUT2D eigenvalue weighted by Gasteiger charge is -2.37. The second kappa shape index (κ2) is 5.47. The van der Waals surface area contributed by atoms with E-state index in [0.29, 0.717) is 17.6 Å². The predicted octanol–water partition coefficient (Wildman–Crippen LogP) is 3.09. The smallest absolute Gasteiger partial charge is 0.271 e. The average molecular weight is 264 g/mol. The molecule has 1 saturated heterocycles. The minimum Gasteiger partial charge on any atom is -0.495 e. The van der Waals surface area contributed by atoms with Crippen molar-refractivity contribution in [3.63, 3.8) is 0 Å². The van der Waals surface area contributed by atoms with Crippen LogP contribution in [0.15, 0.2) is 18.2 Å². The molecule has 104 valence electrons. The lowest BCUT2D eigenvalue weighted by molar-refractivity contribution is -0.384. The van der Waals surface area contributed by atoms with Gasteiger partial charge in [0.1, 0.15) is 5.75 Å². The number of nitro benzene ring substituents is 1. The standard InChI is InChI=1S/C14H20N2O3/c1-10-6-11(2)9-15(8-10)13-7-12(16(17)18)4-5-14(13)19-3/h4-5,7,10-11H,6,8-9H2,1-3H3/t10-,11+. The molecule has 0 spiro atoms. The van der Waals surface area contributed by atoms with Gasteiger partial charge in [0.15, 0.2) is 0 Å². The van der Waals surface area contributed by atoms with Crippen molar-refractivity contribution >= 4 is 11.4 Å². The molecule has 1 aliphatic rings. The van der Waals surface area contributed by atoms with Crippen LogP contribution in [0.5, 0.6) is 5.75 Å². The van der Waals surface area contributed by atoms with Crippen molar-refractivity contribution < 1.29 is 9.66 Å². The molecule has 0 aromatic heterocycles. The summed E-state index contributed by atoms with van der Waals surface area (Å²) in [6.07, 6.45) is 1.20. The molecule has 2 atom stereocenters. The van der Waals surface area contributed by atoms with Gasteiger partial charge in [-0.15, -0.1) is 0 Å². The number of benzene rings is 1. The molecule has 0 N–H and O–H groups in total. The molecule has 2 rings (SSSR count). The number of ether oxygens (including phenoxy) is 1. The van der Waals surface area contributed by atoms with E-state index in [2.05, 4.69) is 18.7 Å². The van der Waals surface area contributed by atoms with Crippen molar-refractivity contribution in [2.24, 2.45) is 11.8 Å². The van der Waals surface area contributed by atoms with Crippen LogP contribution in [0.3, 0.4) is 0 Å². The highest BCUT2D eigenvalue weighted by molar-refractivity contribution is 5.63. The van der Waals surface area contributed by atoms with Gasteiger partial charge in [0, 0.05) is 25.2 Å². The Bertz CT molecular complexity index is 466. The van der Waals surface area contributed by atoms with Crippen molar-refractivity contribution in [2.45, 2.75) is 20.3 Å². The maximum atomic E-state index is 10.9. The first-order chi connectivity index (χ1) is 9.01. The Kier molecular flexibility index (Phi) is 3.93. The largest absolute Gasteiger partial charge is 0.495 e. The second-order valence-electron chi connectivity index (χ2n) is 5.46. The summed E-state index contributed by atoms with van der Waals surface area (Å²) in [5.74, 6) is 1.88. The monoisotopic (exact) mass is 264 g/mol. The highest BCUT2D eigenvalue weighted by atomic mass is 16.6. The molecule has 0 saturated carbocycles. The summed E-state index contributed by atoms with van der Waals surface area (Å²) < 4.78 is 5.34. The zero-order valence-electron chi connectivity index (χ0n) is 11.6. The van der Waals surface area contributed by atoms with Crippen molar-refractivity contribution in [1.82, 2.24) is 0 Å². The minimum atomic E-state index is -0.361. The second-order valence-corrected chi connectivity index (χ2v) is 5.46. The molecule has 5 nitrogen and oxygen atoms in total. The fourth-order valence-corrected chi connectivity index (χ4v) is 2.90. The van der Waals surface area contributed by atoms with E-state index in [1.807, 2.05) is 0 Å². The fourth-order valence-electron chi connectivity index (χ4n) is 2.90. The van der Waals surface area contributed by atoms with Gasteiger partial charge >= 0.3 is 0 Å². The average Bonchev–Trinajstić information content (AvgIpc) is 2.36. The van der Waals surface area contributed by atoms with E-state index in [4.69, 9.17) is 4.74 Å². The van der Waals surface area contributed by atoms with E-state index in [1.165, 1.54) is 12.5 Å². The summed E-state index contributed by atoms with van der Waals surface area (Å²) in [6.45, 7) is 6.27. The number of anilines is 1. The van der Waals surface area contributed by atoms with Gasteiger partial charge in [0.2, 0.25) is 0 Å². The normalized spacial score (nSPS) is 23.2. The summed E-state index contributed by atoms with van der Waals surface area (Å²) in [5, 5.41) is 10.9. The van der Waals surface area contributed by atoms with Crippen LogP contribution in [-0.4, -0.2) is 25.1 Å². The first kappa shape index (κ1) is 13.6. The summed E-state index contributed by atoms with van der Waals surface area (Å²) in [4.78, 5) is 12.7. The zero-order valence-corrected chi connectivity index (χ0v) is 11.6. The minimum absolute atomic E-state index is 0.113. The van der Waals surface area contributed by atoms with Crippen LogP contribution >= 0.6 is 0 Å². The summed E-state index contributed by atoms with van der Waals surface area (Å²) in [6, 6.07) is 4.78. The highest BCUT2D eigenvalue weighted by Gasteiger charge is 2.25. The Morgan fingerprint density at radius 1 is 1.32 bits per heavy atom. The Balaban J connectivity index is 2.35. The molecule has 1 fully saturated rings. The van der Waals surface area contributed by atoms with E-state index >= 15 is 0 Å². The maximum Gasteiger partial charge on any atom is 0.271 e. The summed E-state index contributed by atoms with van der Waals surface area (Å²) in [5.41, 5.74) is 0.941. The molecule has 19 heavy (non-hydrogen) atoms. The van der Waals surface area contributed by atoms with Gasteiger partial charge in [0.05, 0.1) is 17.7 Å². The Morgan fingerprint density at radius 3 is 2.47 bits per heavy atom. The van der Waals surface area contributed by atoms with Crippen molar-refractivity contribution in [3.8, 4) is 5.75 Å². The third-order valence-corrected chi connectivity index (χ3v) is 3.58. The van der Waals surface area contributed by atoms with Crippen LogP contribution in [0.4, 0.5) is 11.4 Å². The number of non-ortho nitro benzene ring substituents is 1. The van der Waals surface area contributed by atoms with Crippen molar-refractivity contribution in [2.75, 3.05) is 25.1 Å². The highest BCUT2D eigenvalue weighted by Crippen LogP contribution is 2.35. The Morgan fingerprint density at radius 2 is 1.95 bits per heavy atom.